The van der Waals surface area contributed by atoms with Crippen LogP contribution in [0.3, 0.4) is 0 Å². The van der Waals surface area contributed by atoms with Crippen molar-refractivity contribution in [1.29, 1.82) is 0 Å². The number of rotatable bonds is 1. The van der Waals surface area contributed by atoms with Crippen LogP contribution in [0.4, 0.5) is 0 Å². The Labute approximate surface area is 82.3 Å². The minimum absolute atomic E-state index is 0.655. The molecule has 0 radical (unpaired) electrons. The highest BCUT2D eigenvalue weighted by atomic mass is 127. The normalized spacial score (nSPS) is 10.4. The van der Waals surface area contributed by atoms with Crippen LogP contribution in [0.2, 0.25) is 0 Å². The monoisotopic (exact) mass is 272 g/mol. The van der Waals surface area contributed by atoms with Gasteiger partial charge in [0.1, 0.15) is 5.52 Å². The summed E-state index contributed by atoms with van der Waals surface area (Å²) in [7, 11) is 0. The molecule has 1 aromatic heterocycles. The molecule has 1 aromatic carbocycles. The maximum Gasteiger partial charge on any atom is 0.152 e. The molecule has 0 saturated heterocycles. The van der Waals surface area contributed by atoms with Crippen molar-refractivity contribution in [2.24, 2.45) is 0 Å². The third-order valence-electron chi connectivity index (χ3n) is 1.69. The van der Waals surface area contributed by atoms with Crippen molar-refractivity contribution in [1.82, 2.24) is 9.97 Å². The number of benzene rings is 1. The average molecular weight is 272 g/mol. The lowest BCUT2D eigenvalue weighted by Crippen LogP contribution is -1.84. The number of hydrogen-bond donors (Lipinski definition) is 1. The summed E-state index contributed by atoms with van der Waals surface area (Å²) in [5, 5.41) is 0. The van der Waals surface area contributed by atoms with Crippen molar-refractivity contribution in [2.75, 3.05) is 0 Å². The van der Waals surface area contributed by atoms with Gasteiger partial charge in [-0.25, -0.2) is 4.98 Å². The molecule has 3 nitrogen and oxygen atoms in total. The predicted molar refractivity (Wildman–Crippen MR) is 54.2 cm³/mol. The molecule has 0 amide bonds. The number of H-pyrrole nitrogens is 1. The first kappa shape index (κ1) is 7.72. The number of hydrogen-bond acceptors (Lipinski definition) is 2. The molecule has 12 heavy (non-hydrogen) atoms. The fraction of sp³-hybridized carbons (Fsp3) is 0. The van der Waals surface area contributed by atoms with Crippen LogP contribution in [-0.2, 0) is 0 Å². The number of fused-ring (bicyclic) bond motifs is 1. The molecule has 1 heterocycles. The number of aromatic amines is 1. The van der Waals surface area contributed by atoms with E-state index < -0.39 is 0 Å². The number of halogens is 1. The van der Waals surface area contributed by atoms with E-state index in [1.807, 2.05) is 6.07 Å². The first-order valence-electron chi connectivity index (χ1n) is 3.39. The van der Waals surface area contributed by atoms with Crippen molar-refractivity contribution in [3.8, 4) is 0 Å². The molecule has 4 heteroatoms. The molecule has 0 saturated carbocycles. The van der Waals surface area contributed by atoms with Gasteiger partial charge in [-0.3, -0.25) is 4.79 Å². The summed E-state index contributed by atoms with van der Waals surface area (Å²) >= 11 is 2.19. The van der Waals surface area contributed by atoms with E-state index >= 15 is 0 Å². The summed E-state index contributed by atoms with van der Waals surface area (Å²) in [5.74, 6) is 0. The minimum atomic E-state index is 0.655. The van der Waals surface area contributed by atoms with Gasteiger partial charge >= 0.3 is 0 Å². The van der Waals surface area contributed by atoms with E-state index in [-0.39, 0.29) is 0 Å². The molecule has 2 rings (SSSR count). The summed E-state index contributed by atoms with van der Waals surface area (Å²) in [6, 6.07) is 3.67. The van der Waals surface area contributed by atoms with Gasteiger partial charge in [-0.05, 0) is 34.7 Å². The Morgan fingerprint density at radius 2 is 2.33 bits per heavy atom. The van der Waals surface area contributed by atoms with Gasteiger partial charge in [-0.1, -0.05) is 0 Å². The van der Waals surface area contributed by atoms with E-state index in [1.165, 1.54) is 0 Å². The minimum Gasteiger partial charge on any atom is -0.344 e. The first-order valence-corrected chi connectivity index (χ1v) is 4.47. The van der Waals surface area contributed by atoms with E-state index in [0.717, 1.165) is 20.9 Å². The zero-order chi connectivity index (χ0) is 8.55. The third kappa shape index (κ3) is 1.03. The summed E-state index contributed by atoms with van der Waals surface area (Å²) in [6.45, 7) is 0. The Morgan fingerprint density at radius 1 is 1.50 bits per heavy atom. The number of aldehydes is 1. The number of carbonyl (C=O) groups excluding carboxylic acids is 1. The lowest BCUT2D eigenvalue weighted by molar-refractivity contribution is 0.112. The summed E-state index contributed by atoms with van der Waals surface area (Å²) in [4.78, 5) is 17.6. The van der Waals surface area contributed by atoms with Crippen LogP contribution in [0.5, 0.6) is 0 Å². The van der Waals surface area contributed by atoms with Crippen LogP contribution in [0.25, 0.3) is 11.0 Å². The van der Waals surface area contributed by atoms with Crippen LogP contribution in [0.15, 0.2) is 18.5 Å². The van der Waals surface area contributed by atoms with Crippen molar-refractivity contribution < 1.29 is 4.79 Å². The van der Waals surface area contributed by atoms with Crippen LogP contribution in [0.1, 0.15) is 10.4 Å². The molecule has 0 aliphatic rings. The van der Waals surface area contributed by atoms with Crippen molar-refractivity contribution in [3.05, 3.63) is 27.6 Å². The van der Waals surface area contributed by atoms with Gasteiger partial charge in [-0.15, -0.1) is 0 Å². The van der Waals surface area contributed by atoms with Gasteiger partial charge in [0.2, 0.25) is 0 Å². The van der Waals surface area contributed by atoms with Gasteiger partial charge in [0, 0.05) is 9.13 Å². The van der Waals surface area contributed by atoms with Crippen LogP contribution >= 0.6 is 22.6 Å². The Morgan fingerprint density at radius 3 is 3.08 bits per heavy atom. The van der Waals surface area contributed by atoms with E-state index in [9.17, 15) is 4.79 Å². The van der Waals surface area contributed by atoms with Crippen LogP contribution in [0, 0.1) is 3.57 Å². The van der Waals surface area contributed by atoms with Crippen molar-refractivity contribution >= 4 is 39.9 Å². The summed E-state index contributed by atoms with van der Waals surface area (Å²) in [5.41, 5.74) is 2.33. The second kappa shape index (κ2) is 2.85. The Kier molecular flexibility index (Phi) is 1.84. The third-order valence-corrected chi connectivity index (χ3v) is 2.56. The largest absolute Gasteiger partial charge is 0.344 e. The summed E-state index contributed by atoms with van der Waals surface area (Å²) < 4.78 is 1.05. The summed E-state index contributed by atoms with van der Waals surface area (Å²) in [6.07, 6.45) is 2.43. The molecule has 0 aliphatic heterocycles. The SMILES string of the molecule is O=Cc1ccc(I)c2nc[nH]c12. The zero-order valence-electron chi connectivity index (χ0n) is 6.04. The maximum absolute atomic E-state index is 10.6. The molecule has 0 aliphatic carbocycles. The van der Waals surface area contributed by atoms with E-state index in [4.69, 9.17) is 0 Å². The second-order valence-corrected chi connectivity index (χ2v) is 3.54. The highest BCUT2D eigenvalue weighted by Gasteiger charge is 2.04. The number of nitrogens with one attached hydrogen (secondary N) is 1. The molecular weight excluding hydrogens is 267 g/mol. The quantitative estimate of drug-likeness (QED) is 0.637. The van der Waals surface area contributed by atoms with Crippen molar-refractivity contribution in [3.63, 3.8) is 0 Å². The lowest BCUT2D eigenvalue weighted by Gasteiger charge is -1.94. The number of aromatic nitrogens is 2. The number of carbonyl (C=O) groups is 1. The Bertz CT molecular complexity index is 436. The van der Waals surface area contributed by atoms with Gasteiger partial charge in [0.25, 0.3) is 0 Å². The molecule has 0 unspecified atom stereocenters. The number of imidazole rings is 1. The topological polar surface area (TPSA) is 45.8 Å². The zero-order valence-corrected chi connectivity index (χ0v) is 8.20. The average Bonchev–Trinajstić information content (AvgIpc) is 2.54. The Hall–Kier alpha value is -0.910. The number of nitrogens with zero attached hydrogens (tertiary/aromatic N) is 1. The Balaban J connectivity index is 2.91. The lowest BCUT2D eigenvalue weighted by atomic mass is 10.2. The fourth-order valence-corrected chi connectivity index (χ4v) is 1.71. The maximum atomic E-state index is 10.6. The van der Waals surface area contributed by atoms with Crippen LogP contribution in [-0.4, -0.2) is 16.3 Å². The molecule has 0 atom stereocenters. The van der Waals surface area contributed by atoms with E-state index in [0.29, 0.717) is 5.56 Å². The smallest absolute Gasteiger partial charge is 0.152 e. The van der Waals surface area contributed by atoms with Gasteiger partial charge in [-0.2, -0.15) is 0 Å². The van der Waals surface area contributed by atoms with Crippen LogP contribution < -0.4 is 0 Å². The fourth-order valence-electron chi connectivity index (χ4n) is 1.12. The molecule has 2 aromatic rings. The molecule has 0 spiro atoms. The molecular formula is C8H5IN2O. The van der Waals surface area contributed by atoms with E-state index in [1.54, 1.807) is 12.4 Å². The standard InChI is InChI=1S/C8H5IN2O/c9-6-2-1-5(3-12)7-8(6)11-4-10-7/h1-4H,(H,10,11). The highest BCUT2D eigenvalue weighted by molar-refractivity contribution is 14.1. The van der Waals surface area contributed by atoms with E-state index in [2.05, 4.69) is 32.6 Å². The van der Waals surface area contributed by atoms with Gasteiger partial charge in [0.05, 0.1) is 11.8 Å². The highest BCUT2D eigenvalue weighted by Crippen LogP contribution is 2.19. The molecule has 0 bridgehead atoms. The predicted octanol–water partition coefficient (Wildman–Crippen LogP) is 1.98. The van der Waals surface area contributed by atoms with Gasteiger partial charge in [0.15, 0.2) is 6.29 Å². The molecule has 0 fully saturated rings. The molecule has 60 valence electrons. The first-order chi connectivity index (χ1) is 5.83. The molecule has 1 N–H and O–H groups in total. The van der Waals surface area contributed by atoms with Gasteiger partial charge < -0.3 is 4.98 Å². The van der Waals surface area contributed by atoms with Crippen molar-refractivity contribution in [2.45, 2.75) is 0 Å². The second-order valence-electron chi connectivity index (χ2n) is 2.38.